The number of nitrogens with two attached hydrogens (primary N) is 1. The van der Waals surface area contributed by atoms with Crippen LogP contribution in [0.1, 0.15) is 15.9 Å². The largest absolute Gasteiger partial charge is 0.420 e. The van der Waals surface area contributed by atoms with Gasteiger partial charge in [0.1, 0.15) is 11.4 Å². The van der Waals surface area contributed by atoms with Crippen molar-refractivity contribution in [2.24, 2.45) is 0 Å². The predicted octanol–water partition coefficient (Wildman–Crippen LogP) is 4.98. The molecule has 0 aliphatic heterocycles. The van der Waals surface area contributed by atoms with Gasteiger partial charge in [0.05, 0.1) is 29.8 Å². The van der Waals surface area contributed by atoms with Crippen molar-refractivity contribution in [3.05, 3.63) is 83.0 Å². The summed E-state index contributed by atoms with van der Waals surface area (Å²) in [6.07, 6.45) is -1.46. The van der Waals surface area contributed by atoms with Gasteiger partial charge in [-0.15, -0.1) is 4.80 Å². The van der Waals surface area contributed by atoms with Gasteiger partial charge in [-0.2, -0.15) is 23.4 Å². The molecular formula is C21H13ClF4N6O. The van der Waals surface area contributed by atoms with E-state index in [0.717, 1.165) is 18.3 Å². The Kier molecular flexibility index (Phi) is 5.73. The van der Waals surface area contributed by atoms with Crippen molar-refractivity contribution in [3.63, 3.8) is 0 Å². The van der Waals surface area contributed by atoms with Crippen LogP contribution in [0.5, 0.6) is 0 Å². The number of amides is 1. The van der Waals surface area contributed by atoms with E-state index >= 15 is 0 Å². The molecule has 0 fully saturated rings. The molecule has 2 aromatic heterocycles. The fraction of sp³-hybridized carbons (Fsp3) is 0.0476. The summed E-state index contributed by atoms with van der Waals surface area (Å²) in [5.41, 5.74) is 5.02. The molecule has 33 heavy (non-hydrogen) atoms. The van der Waals surface area contributed by atoms with Gasteiger partial charge in [-0.3, -0.25) is 4.79 Å². The third-order valence-corrected chi connectivity index (χ3v) is 4.90. The van der Waals surface area contributed by atoms with Gasteiger partial charge in [0.2, 0.25) is 0 Å². The number of anilines is 2. The molecular weight excluding hydrogens is 464 g/mol. The summed E-state index contributed by atoms with van der Waals surface area (Å²) in [6, 6.07) is 9.40. The number of carbonyl (C=O) groups is 1. The van der Waals surface area contributed by atoms with Gasteiger partial charge in [0.15, 0.2) is 5.82 Å². The summed E-state index contributed by atoms with van der Waals surface area (Å²) in [5, 5.41) is 9.53. The molecule has 12 heteroatoms. The molecule has 4 aromatic rings. The van der Waals surface area contributed by atoms with E-state index in [1.165, 1.54) is 12.4 Å². The summed E-state index contributed by atoms with van der Waals surface area (Å²) >= 11 is 6.24. The second kappa shape index (κ2) is 8.51. The molecule has 0 atom stereocenters. The minimum atomic E-state index is -4.82. The summed E-state index contributed by atoms with van der Waals surface area (Å²) in [4.78, 5) is 17.0. The SMILES string of the molecule is Nc1ccccc1-c1cc(F)c(C(=O)Nc2cnc(-n3nccn3)c(C(F)(F)F)c2)cc1Cl. The number of hydrogen-bond acceptors (Lipinski definition) is 5. The molecule has 7 nitrogen and oxygen atoms in total. The molecule has 0 radical (unpaired) electrons. The third-order valence-electron chi connectivity index (χ3n) is 4.59. The fourth-order valence-electron chi connectivity index (χ4n) is 3.09. The minimum absolute atomic E-state index is 0.0358. The lowest BCUT2D eigenvalue weighted by atomic mass is 10.0. The van der Waals surface area contributed by atoms with E-state index < -0.39 is 34.8 Å². The van der Waals surface area contributed by atoms with E-state index in [9.17, 15) is 22.4 Å². The van der Waals surface area contributed by atoms with Gasteiger partial charge >= 0.3 is 6.18 Å². The predicted molar refractivity (Wildman–Crippen MR) is 113 cm³/mol. The molecule has 2 aromatic carbocycles. The van der Waals surface area contributed by atoms with Gasteiger partial charge in [0.25, 0.3) is 5.91 Å². The Hall–Kier alpha value is -3.99. The first-order valence-corrected chi connectivity index (χ1v) is 9.62. The second-order valence-electron chi connectivity index (χ2n) is 6.76. The lowest BCUT2D eigenvalue weighted by Gasteiger charge is -2.14. The first-order valence-electron chi connectivity index (χ1n) is 9.24. The van der Waals surface area contributed by atoms with Gasteiger partial charge in [-0.1, -0.05) is 29.8 Å². The highest BCUT2D eigenvalue weighted by Gasteiger charge is 2.36. The molecule has 0 saturated heterocycles. The molecule has 3 N–H and O–H groups in total. The third kappa shape index (κ3) is 4.48. The van der Waals surface area contributed by atoms with Gasteiger partial charge < -0.3 is 11.1 Å². The maximum atomic E-state index is 14.7. The van der Waals surface area contributed by atoms with Crippen molar-refractivity contribution < 1.29 is 22.4 Å². The van der Waals surface area contributed by atoms with Gasteiger partial charge in [0, 0.05) is 21.8 Å². The number of rotatable bonds is 4. The molecule has 0 aliphatic rings. The van der Waals surface area contributed by atoms with Crippen molar-refractivity contribution in [1.82, 2.24) is 20.0 Å². The summed E-state index contributed by atoms with van der Waals surface area (Å²) in [7, 11) is 0. The van der Waals surface area contributed by atoms with Crippen molar-refractivity contribution >= 4 is 28.9 Å². The average Bonchev–Trinajstić information content (AvgIpc) is 3.30. The van der Waals surface area contributed by atoms with Crippen LogP contribution in [0.25, 0.3) is 16.9 Å². The number of pyridine rings is 1. The molecule has 0 saturated carbocycles. The Morgan fingerprint density at radius 1 is 1.06 bits per heavy atom. The number of para-hydroxylation sites is 1. The zero-order valence-corrected chi connectivity index (χ0v) is 17.2. The van der Waals surface area contributed by atoms with Crippen LogP contribution in [-0.2, 0) is 6.18 Å². The molecule has 0 bridgehead atoms. The Bertz CT molecular complexity index is 1340. The van der Waals surface area contributed by atoms with E-state index in [1.54, 1.807) is 24.3 Å². The standard InChI is InChI=1S/C21H13ClF4N6O/c22-16-8-14(17(23)9-13(16)12-3-1-2-4-18(12)27)20(33)31-11-7-15(21(24,25)26)19(28-10-11)32-29-5-6-30-32/h1-10H,27H2,(H,31,33). The van der Waals surface area contributed by atoms with Crippen LogP contribution in [0.4, 0.5) is 28.9 Å². The van der Waals surface area contributed by atoms with E-state index in [0.29, 0.717) is 22.1 Å². The van der Waals surface area contributed by atoms with Crippen LogP contribution in [-0.4, -0.2) is 25.9 Å². The number of nitrogens with one attached hydrogen (secondary N) is 1. The van der Waals surface area contributed by atoms with Crippen LogP contribution in [0.15, 0.2) is 61.1 Å². The van der Waals surface area contributed by atoms with Crippen molar-refractivity contribution in [3.8, 4) is 16.9 Å². The van der Waals surface area contributed by atoms with Crippen LogP contribution >= 0.6 is 11.6 Å². The number of carbonyl (C=O) groups excluding carboxylic acids is 1. The number of aromatic nitrogens is 4. The number of nitrogen functional groups attached to an aromatic ring is 1. The lowest BCUT2D eigenvalue weighted by Crippen LogP contribution is -2.18. The molecule has 168 valence electrons. The first kappa shape index (κ1) is 22.2. The lowest BCUT2D eigenvalue weighted by molar-refractivity contribution is -0.137. The molecule has 0 spiro atoms. The highest BCUT2D eigenvalue weighted by molar-refractivity contribution is 6.34. The maximum absolute atomic E-state index is 14.7. The smallest absolute Gasteiger partial charge is 0.398 e. The number of benzene rings is 2. The number of nitrogens with zero attached hydrogens (tertiary/aromatic N) is 4. The molecule has 0 unspecified atom stereocenters. The normalized spacial score (nSPS) is 11.4. The highest BCUT2D eigenvalue weighted by Crippen LogP contribution is 2.35. The zero-order chi connectivity index (χ0) is 23.8. The van der Waals surface area contributed by atoms with E-state index in [4.69, 9.17) is 17.3 Å². The van der Waals surface area contributed by atoms with E-state index in [2.05, 4.69) is 20.5 Å². The van der Waals surface area contributed by atoms with Crippen molar-refractivity contribution in [1.29, 1.82) is 0 Å². The van der Waals surface area contributed by atoms with Gasteiger partial charge in [-0.05, 0) is 24.3 Å². The Morgan fingerprint density at radius 2 is 1.76 bits per heavy atom. The Morgan fingerprint density at radius 3 is 2.42 bits per heavy atom. The van der Waals surface area contributed by atoms with E-state index in [1.807, 2.05) is 0 Å². The Balaban J connectivity index is 1.66. The Labute approximate surface area is 188 Å². The van der Waals surface area contributed by atoms with Gasteiger partial charge in [-0.25, -0.2) is 9.37 Å². The quantitative estimate of drug-likeness (QED) is 0.320. The van der Waals surface area contributed by atoms with Crippen LogP contribution in [0.3, 0.4) is 0 Å². The summed E-state index contributed by atoms with van der Waals surface area (Å²) in [6.45, 7) is 0. The molecule has 0 aliphatic carbocycles. The van der Waals surface area contributed by atoms with Crippen LogP contribution in [0.2, 0.25) is 5.02 Å². The highest BCUT2D eigenvalue weighted by atomic mass is 35.5. The molecule has 4 rings (SSSR count). The van der Waals surface area contributed by atoms with Crippen LogP contribution < -0.4 is 11.1 Å². The summed E-state index contributed by atoms with van der Waals surface area (Å²) in [5.74, 6) is -2.53. The fourth-order valence-corrected chi connectivity index (χ4v) is 3.35. The van der Waals surface area contributed by atoms with Crippen LogP contribution in [0, 0.1) is 5.82 Å². The van der Waals surface area contributed by atoms with E-state index in [-0.39, 0.29) is 16.3 Å². The monoisotopic (exact) mass is 476 g/mol. The first-order chi connectivity index (χ1) is 15.6. The second-order valence-corrected chi connectivity index (χ2v) is 7.17. The van der Waals surface area contributed by atoms with Crippen molar-refractivity contribution in [2.75, 3.05) is 11.1 Å². The molecule has 2 heterocycles. The number of hydrogen-bond donors (Lipinski definition) is 2. The minimum Gasteiger partial charge on any atom is -0.398 e. The topological polar surface area (TPSA) is 98.7 Å². The zero-order valence-electron chi connectivity index (χ0n) is 16.4. The maximum Gasteiger partial charge on any atom is 0.420 e. The number of halogens is 5. The summed E-state index contributed by atoms with van der Waals surface area (Å²) < 4.78 is 55.3. The number of alkyl halides is 3. The molecule has 1 amide bonds. The average molecular weight is 477 g/mol. The van der Waals surface area contributed by atoms with Crippen molar-refractivity contribution in [2.45, 2.75) is 6.18 Å².